The van der Waals surface area contributed by atoms with Gasteiger partial charge in [-0.1, -0.05) is 6.07 Å². The molecule has 1 aromatic carbocycles. The lowest BCUT2D eigenvalue weighted by molar-refractivity contribution is 0.0525. The van der Waals surface area contributed by atoms with Crippen LogP contribution < -0.4 is 5.73 Å². The second kappa shape index (κ2) is 5.71. The van der Waals surface area contributed by atoms with E-state index in [0.29, 0.717) is 22.3 Å². The predicted molar refractivity (Wildman–Crippen MR) is 74.3 cm³/mol. The number of nitrogens with two attached hydrogens (primary N) is 1. The Bertz CT molecular complexity index is 447. The first-order chi connectivity index (χ1) is 8.65. The summed E-state index contributed by atoms with van der Waals surface area (Å²) in [6.07, 6.45) is 3.19. The molecule has 1 fully saturated rings. The first-order valence-corrected chi connectivity index (χ1v) is 6.90. The Morgan fingerprint density at radius 3 is 2.78 bits per heavy atom. The van der Waals surface area contributed by atoms with Crippen molar-refractivity contribution in [3.8, 4) is 0 Å². The van der Waals surface area contributed by atoms with E-state index in [-0.39, 0.29) is 18.6 Å². The highest BCUT2D eigenvalue weighted by molar-refractivity contribution is 9.10. The molecule has 1 saturated carbocycles. The number of benzene rings is 1. The number of hydrogen-bond donors (Lipinski definition) is 2. The molecule has 1 aliphatic rings. The van der Waals surface area contributed by atoms with Gasteiger partial charge in [0.1, 0.15) is 0 Å². The van der Waals surface area contributed by atoms with Gasteiger partial charge in [-0.2, -0.15) is 0 Å². The van der Waals surface area contributed by atoms with Crippen molar-refractivity contribution in [2.75, 3.05) is 18.9 Å². The van der Waals surface area contributed by atoms with Gasteiger partial charge in [-0.15, -0.1) is 0 Å². The molecule has 0 saturated heterocycles. The Morgan fingerprint density at radius 1 is 1.50 bits per heavy atom. The number of hydrogen-bond acceptors (Lipinski definition) is 3. The topological polar surface area (TPSA) is 66.6 Å². The molecule has 0 radical (unpaired) electrons. The van der Waals surface area contributed by atoms with Crippen LogP contribution in [0.15, 0.2) is 22.7 Å². The smallest absolute Gasteiger partial charge is 0.255 e. The van der Waals surface area contributed by atoms with Gasteiger partial charge in [-0.25, -0.2) is 0 Å². The normalized spacial score (nSPS) is 15.2. The van der Waals surface area contributed by atoms with E-state index in [4.69, 9.17) is 10.8 Å². The van der Waals surface area contributed by atoms with E-state index in [1.807, 2.05) is 0 Å². The van der Waals surface area contributed by atoms with E-state index in [2.05, 4.69) is 15.9 Å². The van der Waals surface area contributed by atoms with Crippen LogP contribution >= 0.6 is 15.9 Å². The third-order valence-corrected chi connectivity index (χ3v) is 4.26. The van der Waals surface area contributed by atoms with Crippen LogP contribution in [-0.4, -0.2) is 35.1 Å². The quantitative estimate of drug-likeness (QED) is 0.836. The van der Waals surface area contributed by atoms with Crippen LogP contribution in [-0.2, 0) is 0 Å². The minimum atomic E-state index is -0.0621. The highest BCUT2D eigenvalue weighted by Gasteiger charge is 2.29. The summed E-state index contributed by atoms with van der Waals surface area (Å²) in [5.41, 5.74) is 6.91. The molecular weight excluding hydrogens is 296 g/mol. The number of rotatable bonds is 4. The minimum absolute atomic E-state index is 0.0117. The summed E-state index contributed by atoms with van der Waals surface area (Å²) in [6.45, 7) is 0.368. The van der Waals surface area contributed by atoms with Crippen molar-refractivity contribution in [1.29, 1.82) is 0 Å². The van der Waals surface area contributed by atoms with Crippen molar-refractivity contribution in [2.45, 2.75) is 25.3 Å². The average molecular weight is 313 g/mol. The summed E-state index contributed by atoms with van der Waals surface area (Å²) < 4.78 is 0.636. The van der Waals surface area contributed by atoms with Gasteiger partial charge in [0.05, 0.1) is 16.6 Å². The number of aliphatic hydroxyl groups excluding tert-OH is 1. The van der Waals surface area contributed by atoms with Crippen LogP contribution in [0.25, 0.3) is 0 Å². The largest absolute Gasteiger partial charge is 0.398 e. The molecule has 2 rings (SSSR count). The Morgan fingerprint density at radius 2 is 2.22 bits per heavy atom. The molecule has 0 bridgehead atoms. The van der Waals surface area contributed by atoms with Gasteiger partial charge in [0.25, 0.3) is 5.91 Å². The number of aliphatic hydroxyl groups is 1. The summed E-state index contributed by atoms with van der Waals surface area (Å²) in [5, 5.41) is 9.09. The fraction of sp³-hybridized carbons (Fsp3) is 0.462. The second-order valence-corrected chi connectivity index (χ2v) is 5.31. The zero-order valence-corrected chi connectivity index (χ0v) is 11.7. The van der Waals surface area contributed by atoms with E-state index in [1.54, 1.807) is 23.1 Å². The second-order valence-electron chi connectivity index (χ2n) is 4.52. The molecule has 1 aliphatic carbocycles. The number of amides is 1. The van der Waals surface area contributed by atoms with E-state index in [0.717, 1.165) is 19.3 Å². The Hall–Kier alpha value is -1.07. The predicted octanol–water partition coefficient (Wildman–Crippen LogP) is 2.02. The number of nitrogen functional groups attached to an aromatic ring is 1. The van der Waals surface area contributed by atoms with Gasteiger partial charge in [0.15, 0.2) is 0 Å². The summed E-state index contributed by atoms with van der Waals surface area (Å²) in [4.78, 5) is 14.2. The minimum Gasteiger partial charge on any atom is -0.398 e. The Labute approximate surface area is 115 Å². The number of halogens is 1. The average Bonchev–Trinajstić information content (AvgIpc) is 2.29. The first-order valence-electron chi connectivity index (χ1n) is 6.11. The maximum absolute atomic E-state index is 12.5. The summed E-state index contributed by atoms with van der Waals surface area (Å²) >= 11 is 3.35. The van der Waals surface area contributed by atoms with Gasteiger partial charge in [-0.3, -0.25) is 4.79 Å². The van der Waals surface area contributed by atoms with Crippen molar-refractivity contribution in [1.82, 2.24) is 4.90 Å². The first kappa shape index (κ1) is 13.4. The summed E-state index contributed by atoms with van der Waals surface area (Å²) in [7, 11) is 0. The number of carbonyl (C=O) groups is 1. The Balaban J connectivity index is 2.24. The van der Waals surface area contributed by atoms with Gasteiger partial charge < -0.3 is 15.7 Å². The standard InChI is InChI=1S/C13H17BrN2O2/c14-12-10(5-2-6-11(12)15)13(18)16(7-8-17)9-3-1-4-9/h2,5-6,9,17H,1,3-4,7-8,15H2. The summed E-state index contributed by atoms with van der Waals surface area (Å²) in [5.74, 6) is -0.0621. The molecule has 0 aliphatic heterocycles. The summed E-state index contributed by atoms with van der Waals surface area (Å²) in [6, 6.07) is 5.54. The van der Waals surface area contributed by atoms with Crippen molar-refractivity contribution >= 4 is 27.5 Å². The number of carbonyl (C=O) groups excluding carboxylic acids is 1. The molecule has 0 unspecified atom stereocenters. The number of anilines is 1. The highest BCUT2D eigenvalue weighted by Crippen LogP contribution is 2.29. The molecule has 98 valence electrons. The van der Waals surface area contributed by atoms with Crippen LogP contribution in [0, 0.1) is 0 Å². The zero-order valence-electron chi connectivity index (χ0n) is 10.1. The van der Waals surface area contributed by atoms with Crippen LogP contribution in [0.4, 0.5) is 5.69 Å². The van der Waals surface area contributed by atoms with E-state index in [1.165, 1.54) is 0 Å². The monoisotopic (exact) mass is 312 g/mol. The molecule has 0 heterocycles. The fourth-order valence-electron chi connectivity index (χ4n) is 2.13. The van der Waals surface area contributed by atoms with E-state index in [9.17, 15) is 4.79 Å². The van der Waals surface area contributed by atoms with E-state index < -0.39 is 0 Å². The molecule has 1 amide bonds. The van der Waals surface area contributed by atoms with Gasteiger partial charge in [-0.05, 0) is 47.3 Å². The molecule has 5 heteroatoms. The highest BCUT2D eigenvalue weighted by atomic mass is 79.9. The Kier molecular flexibility index (Phi) is 4.24. The molecule has 1 aromatic rings. The molecule has 3 N–H and O–H groups in total. The van der Waals surface area contributed by atoms with Crippen molar-refractivity contribution in [2.24, 2.45) is 0 Å². The van der Waals surface area contributed by atoms with Crippen LogP contribution in [0.3, 0.4) is 0 Å². The van der Waals surface area contributed by atoms with Crippen molar-refractivity contribution in [3.05, 3.63) is 28.2 Å². The van der Waals surface area contributed by atoms with Gasteiger partial charge >= 0.3 is 0 Å². The maximum atomic E-state index is 12.5. The fourth-order valence-corrected chi connectivity index (χ4v) is 2.56. The number of nitrogens with zero attached hydrogens (tertiary/aromatic N) is 1. The molecule has 0 atom stereocenters. The lowest BCUT2D eigenvalue weighted by atomic mass is 9.91. The van der Waals surface area contributed by atoms with Gasteiger partial charge in [0.2, 0.25) is 0 Å². The zero-order chi connectivity index (χ0) is 13.1. The lowest BCUT2D eigenvalue weighted by Gasteiger charge is -2.37. The van der Waals surface area contributed by atoms with Gasteiger partial charge in [0, 0.05) is 18.3 Å². The van der Waals surface area contributed by atoms with Crippen molar-refractivity contribution in [3.63, 3.8) is 0 Å². The van der Waals surface area contributed by atoms with Crippen LogP contribution in [0.2, 0.25) is 0 Å². The maximum Gasteiger partial charge on any atom is 0.255 e. The molecule has 0 spiro atoms. The van der Waals surface area contributed by atoms with Crippen molar-refractivity contribution < 1.29 is 9.90 Å². The SMILES string of the molecule is Nc1cccc(C(=O)N(CCO)C2CCC2)c1Br. The third kappa shape index (κ3) is 2.52. The lowest BCUT2D eigenvalue weighted by Crippen LogP contribution is -2.45. The van der Waals surface area contributed by atoms with Crippen LogP contribution in [0.1, 0.15) is 29.6 Å². The molecular formula is C13H17BrN2O2. The van der Waals surface area contributed by atoms with E-state index >= 15 is 0 Å². The molecule has 4 nitrogen and oxygen atoms in total. The molecule has 0 aromatic heterocycles. The molecule has 18 heavy (non-hydrogen) atoms. The van der Waals surface area contributed by atoms with Crippen LogP contribution in [0.5, 0.6) is 0 Å². The third-order valence-electron chi connectivity index (χ3n) is 3.38.